The van der Waals surface area contributed by atoms with Crippen LogP contribution in [0.15, 0.2) is 0 Å². The van der Waals surface area contributed by atoms with E-state index in [2.05, 4.69) is 17.4 Å². The van der Waals surface area contributed by atoms with E-state index in [1.807, 2.05) is 0 Å². The molecule has 0 aromatic carbocycles. The minimum atomic E-state index is -0.201. The highest BCUT2D eigenvalue weighted by Gasteiger charge is 1.89. The van der Waals surface area contributed by atoms with Crippen LogP contribution in [0.4, 0.5) is 0 Å². The van der Waals surface area contributed by atoms with Crippen molar-refractivity contribution in [2.24, 2.45) is 0 Å². The van der Waals surface area contributed by atoms with Crippen LogP contribution < -0.4 is 0 Å². The second-order valence-electron chi connectivity index (χ2n) is 0.957. The molecular formula is C3H7BOS. The van der Waals surface area contributed by atoms with E-state index in [1.54, 1.807) is 7.11 Å². The highest BCUT2D eigenvalue weighted by atomic mass is 32.1. The van der Waals surface area contributed by atoms with Gasteiger partial charge in [-0.15, -0.1) is 0 Å². The van der Waals surface area contributed by atoms with Gasteiger partial charge in [-0.2, -0.15) is 12.6 Å². The van der Waals surface area contributed by atoms with Gasteiger partial charge in [0, 0.05) is 18.9 Å². The van der Waals surface area contributed by atoms with Crippen LogP contribution in [0.1, 0.15) is 0 Å². The van der Waals surface area contributed by atoms with Crippen LogP contribution in [0.2, 0.25) is 0 Å². The molecule has 3 heteroatoms. The summed E-state index contributed by atoms with van der Waals surface area (Å²) in [4.78, 5) is 0. The molecule has 6 heavy (non-hydrogen) atoms. The summed E-state index contributed by atoms with van der Waals surface area (Å²) in [5, 5.41) is 0. The maximum Gasteiger partial charge on any atom is 0.110 e. The maximum atomic E-state index is 5.17. The zero-order chi connectivity index (χ0) is 4.99. The predicted molar refractivity (Wildman–Crippen MR) is 30.4 cm³/mol. The molecule has 0 aliphatic heterocycles. The Bertz CT molecular complexity index is 30.0. The van der Waals surface area contributed by atoms with E-state index in [0.29, 0.717) is 5.75 Å². The lowest BCUT2D eigenvalue weighted by molar-refractivity contribution is 0.185. The Morgan fingerprint density at radius 1 is 2.00 bits per heavy atom. The summed E-state index contributed by atoms with van der Waals surface area (Å²) in [6, 6.07) is -0.201. The van der Waals surface area contributed by atoms with Gasteiger partial charge in [0.15, 0.2) is 0 Å². The zero-order valence-electron chi connectivity index (χ0n) is 3.72. The molecule has 34 valence electrons. The Morgan fingerprint density at radius 2 is 2.50 bits per heavy atom. The van der Waals surface area contributed by atoms with Crippen molar-refractivity contribution >= 4 is 20.5 Å². The van der Waals surface area contributed by atoms with Gasteiger partial charge in [0.25, 0.3) is 0 Å². The highest BCUT2D eigenvalue weighted by molar-refractivity contribution is 7.80. The van der Waals surface area contributed by atoms with E-state index in [0.717, 1.165) is 0 Å². The van der Waals surface area contributed by atoms with E-state index in [4.69, 9.17) is 7.85 Å². The van der Waals surface area contributed by atoms with Gasteiger partial charge in [-0.25, -0.2) is 0 Å². The van der Waals surface area contributed by atoms with E-state index < -0.39 is 0 Å². The summed E-state index contributed by atoms with van der Waals surface area (Å²) in [6.07, 6.45) is 0. The van der Waals surface area contributed by atoms with Crippen molar-refractivity contribution < 1.29 is 4.74 Å². The molecule has 0 amide bonds. The second kappa shape index (κ2) is 3.56. The molecule has 0 aliphatic rings. The third kappa shape index (κ3) is 2.60. The average Bonchev–Trinajstić information content (AvgIpc) is 1.65. The number of ether oxygens (including phenoxy) is 1. The van der Waals surface area contributed by atoms with Crippen molar-refractivity contribution in [1.82, 2.24) is 0 Å². The molecule has 1 unspecified atom stereocenters. The summed E-state index contributed by atoms with van der Waals surface area (Å²) in [5.41, 5.74) is 0. The molecule has 0 bridgehead atoms. The van der Waals surface area contributed by atoms with Crippen molar-refractivity contribution in [3.05, 3.63) is 0 Å². The first-order valence-corrected chi connectivity index (χ1v) is 2.33. The van der Waals surface area contributed by atoms with Gasteiger partial charge in [-0.1, -0.05) is 0 Å². The lowest BCUT2D eigenvalue weighted by Crippen LogP contribution is -2.10. The maximum absolute atomic E-state index is 5.17. The molecule has 0 aromatic rings. The van der Waals surface area contributed by atoms with Crippen molar-refractivity contribution in [3.63, 3.8) is 0 Å². The topological polar surface area (TPSA) is 9.23 Å². The van der Waals surface area contributed by atoms with Gasteiger partial charge in [0.1, 0.15) is 7.85 Å². The Balaban J connectivity index is 2.75. The molecule has 0 rings (SSSR count). The summed E-state index contributed by atoms with van der Waals surface area (Å²) in [6.45, 7) is 0. The van der Waals surface area contributed by atoms with E-state index in [-0.39, 0.29) is 6.00 Å². The summed E-state index contributed by atoms with van der Waals surface area (Å²) < 4.78 is 4.60. The van der Waals surface area contributed by atoms with Crippen molar-refractivity contribution in [2.45, 2.75) is 6.00 Å². The average molecular weight is 102 g/mol. The zero-order valence-corrected chi connectivity index (χ0v) is 4.61. The third-order valence-corrected chi connectivity index (χ3v) is 0.843. The molecule has 0 aliphatic carbocycles. The molecule has 0 fully saturated rings. The van der Waals surface area contributed by atoms with Crippen LogP contribution >= 0.6 is 12.6 Å². The molecule has 0 spiro atoms. The molecule has 0 N–H and O–H groups in total. The smallest absolute Gasteiger partial charge is 0.110 e. The summed E-state index contributed by atoms with van der Waals surface area (Å²) >= 11 is 3.85. The number of thiol groups is 1. The van der Waals surface area contributed by atoms with Crippen LogP contribution in [0.25, 0.3) is 0 Å². The Kier molecular flexibility index (Phi) is 3.78. The third-order valence-electron chi connectivity index (χ3n) is 0.483. The van der Waals surface area contributed by atoms with Gasteiger partial charge in [-0.05, 0) is 0 Å². The minimum absolute atomic E-state index is 0.201. The first kappa shape index (κ1) is 6.37. The lowest BCUT2D eigenvalue weighted by Gasteiger charge is -2.01. The SMILES string of the molecule is [B]C(CS)OC. The van der Waals surface area contributed by atoms with Crippen LogP contribution in [0, 0.1) is 0 Å². The van der Waals surface area contributed by atoms with Crippen molar-refractivity contribution in [3.8, 4) is 0 Å². The first-order chi connectivity index (χ1) is 2.81. The molecule has 0 heterocycles. The number of hydrogen-bond acceptors (Lipinski definition) is 2. The standard InChI is InChI=1S/C3H7BOS/c1-5-3(4)2-6/h3,6H,2H2,1H3. The van der Waals surface area contributed by atoms with Crippen LogP contribution in [-0.4, -0.2) is 26.7 Å². The Labute approximate surface area is 44.9 Å². The van der Waals surface area contributed by atoms with Crippen molar-refractivity contribution in [2.75, 3.05) is 12.9 Å². The van der Waals surface area contributed by atoms with Gasteiger partial charge in [-0.3, -0.25) is 0 Å². The van der Waals surface area contributed by atoms with Crippen LogP contribution in [-0.2, 0) is 4.74 Å². The number of methoxy groups -OCH3 is 1. The Hall–Kier alpha value is 0.375. The predicted octanol–water partition coefficient (Wildman–Crippen LogP) is 0.0572. The minimum Gasteiger partial charge on any atom is -0.390 e. The fourth-order valence-electron chi connectivity index (χ4n) is 0.0745. The molecule has 2 radical (unpaired) electrons. The van der Waals surface area contributed by atoms with Gasteiger partial charge in [0.2, 0.25) is 0 Å². The molecular weight excluding hydrogens is 94.9 g/mol. The second-order valence-corrected chi connectivity index (χ2v) is 1.32. The van der Waals surface area contributed by atoms with Crippen molar-refractivity contribution in [1.29, 1.82) is 0 Å². The van der Waals surface area contributed by atoms with Crippen LogP contribution in [0.3, 0.4) is 0 Å². The quantitative estimate of drug-likeness (QED) is 0.383. The van der Waals surface area contributed by atoms with Gasteiger partial charge in [0.05, 0.1) is 0 Å². The molecule has 0 saturated heterocycles. The van der Waals surface area contributed by atoms with E-state index in [1.165, 1.54) is 0 Å². The van der Waals surface area contributed by atoms with Gasteiger partial charge < -0.3 is 4.74 Å². The Morgan fingerprint density at radius 3 is 2.50 bits per heavy atom. The normalized spacial score (nSPS) is 14.3. The first-order valence-electron chi connectivity index (χ1n) is 1.70. The largest absolute Gasteiger partial charge is 0.390 e. The fraction of sp³-hybridized carbons (Fsp3) is 1.00. The number of rotatable bonds is 2. The lowest BCUT2D eigenvalue weighted by atomic mass is 10.0. The number of hydrogen-bond donors (Lipinski definition) is 1. The molecule has 1 nitrogen and oxygen atoms in total. The summed E-state index contributed by atoms with van der Waals surface area (Å²) in [7, 11) is 6.73. The summed E-state index contributed by atoms with van der Waals surface area (Å²) in [5.74, 6) is 0.580. The van der Waals surface area contributed by atoms with Crippen LogP contribution in [0.5, 0.6) is 0 Å². The monoisotopic (exact) mass is 102 g/mol. The highest BCUT2D eigenvalue weighted by Crippen LogP contribution is 1.82. The molecule has 0 saturated carbocycles. The van der Waals surface area contributed by atoms with E-state index in [9.17, 15) is 0 Å². The molecule has 0 aromatic heterocycles. The fourth-order valence-corrected chi connectivity index (χ4v) is 0.224. The van der Waals surface area contributed by atoms with E-state index >= 15 is 0 Å². The molecule has 1 atom stereocenters. The van der Waals surface area contributed by atoms with Gasteiger partial charge >= 0.3 is 0 Å².